The maximum absolute atomic E-state index is 12.2. The summed E-state index contributed by atoms with van der Waals surface area (Å²) in [5.41, 5.74) is 8.48. The molecule has 2 rings (SSSR count). The van der Waals surface area contributed by atoms with Gasteiger partial charge in [-0.15, -0.1) is 0 Å². The zero-order chi connectivity index (χ0) is 15.2. The molecule has 0 saturated carbocycles. The Hall–Kier alpha value is -2.49. The van der Waals surface area contributed by atoms with E-state index in [4.69, 9.17) is 10.5 Å². The van der Waals surface area contributed by atoms with Crippen LogP contribution in [0.1, 0.15) is 12.0 Å². The van der Waals surface area contributed by atoms with Crippen molar-refractivity contribution in [2.75, 3.05) is 24.8 Å². The molecule has 0 aliphatic carbocycles. The molecule has 0 aliphatic rings. The minimum Gasteiger partial charge on any atom is -0.497 e. The molecule has 0 aliphatic heterocycles. The summed E-state index contributed by atoms with van der Waals surface area (Å²) < 4.78 is 5.11. The van der Waals surface area contributed by atoms with Gasteiger partial charge in [0.15, 0.2) is 0 Å². The summed E-state index contributed by atoms with van der Waals surface area (Å²) in [6.45, 7) is 0. The van der Waals surface area contributed by atoms with Gasteiger partial charge in [0.2, 0.25) is 5.91 Å². The monoisotopic (exact) mass is 284 g/mol. The van der Waals surface area contributed by atoms with Crippen molar-refractivity contribution in [3.8, 4) is 5.75 Å². The van der Waals surface area contributed by atoms with Crippen LogP contribution in [0.2, 0.25) is 0 Å². The SMILES string of the molecule is COc1ccc(N(C)C(=O)CCc2ccccc2N)cc1. The summed E-state index contributed by atoms with van der Waals surface area (Å²) in [4.78, 5) is 13.9. The molecule has 4 nitrogen and oxygen atoms in total. The molecule has 0 fully saturated rings. The van der Waals surface area contributed by atoms with E-state index < -0.39 is 0 Å². The molecular weight excluding hydrogens is 264 g/mol. The van der Waals surface area contributed by atoms with E-state index in [1.165, 1.54) is 0 Å². The van der Waals surface area contributed by atoms with Crippen LogP contribution in [0.25, 0.3) is 0 Å². The van der Waals surface area contributed by atoms with Crippen molar-refractivity contribution in [1.29, 1.82) is 0 Å². The van der Waals surface area contributed by atoms with Crippen molar-refractivity contribution < 1.29 is 9.53 Å². The molecule has 0 saturated heterocycles. The molecule has 2 aromatic carbocycles. The van der Waals surface area contributed by atoms with Crippen molar-refractivity contribution in [3.63, 3.8) is 0 Å². The number of carbonyl (C=O) groups excluding carboxylic acids is 1. The number of carbonyl (C=O) groups is 1. The Kier molecular flexibility index (Phi) is 4.82. The van der Waals surface area contributed by atoms with Gasteiger partial charge in [0.25, 0.3) is 0 Å². The molecule has 0 radical (unpaired) electrons. The number of benzene rings is 2. The fraction of sp³-hybridized carbons (Fsp3) is 0.235. The molecule has 0 heterocycles. The van der Waals surface area contributed by atoms with Crippen LogP contribution < -0.4 is 15.4 Å². The maximum atomic E-state index is 12.2. The van der Waals surface area contributed by atoms with Crippen molar-refractivity contribution in [3.05, 3.63) is 54.1 Å². The maximum Gasteiger partial charge on any atom is 0.227 e. The van der Waals surface area contributed by atoms with Gasteiger partial charge in [0.1, 0.15) is 5.75 Å². The lowest BCUT2D eigenvalue weighted by molar-refractivity contribution is -0.118. The van der Waals surface area contributed by atoms with Crippen LogP contribution in [0.5, 0.6) is 5.75 Å². The number of nitrogen functional groups attached to an aromatic ring is 1. The van der Waals surface area contributed by atoms with Crippen LogP contribution in [0.3, 0.4) is 0 Å². The second-order valence-corrected chi connectivity index (χ2v) is 4.85. The van der Waals surface area contributed by atoms with E-state index in [1.54, 1.807) is 19.1 Å². The summed E-state index contributed by atoms with van der Waals surface area (Å²) in [6.07, 6.45) is 1.07. The quantitative estimate of drug-likeness (QED) is 0.859. The van der Waals surface area contributed by atoms with Gasteiger partial charge in [-0.25, -0.2) is 0 Å². The predicted molar refractivity (Wildman–Crippen MR) is 85.6 cm³/mol. The lowest BCUT2D eigenvalue weighted by Gasteiger charge is -2.18. The normalized spacial score (nSPS) is 10.2. The molecular formula is C17H20N2O2. The predicted octanol–water partition coefficient (Wildman–Crippen LogP) is 2.87. The number of para-hydroxylation sites is 1. The first-order valence-electron chi connectivity index (χ1n) is 6.86. The van der Waals surface area contributed by atoms with E-state index in [1.807, 2.05) is 48.5 Å². The fourth-order valence-electron chi connectivity index (χ4n) is 2.12. The highest BCUT2D eigenvalue weighted by atomic mass is 16.5. The van der Waals surface area contributed by atoms with Crippen LogP contribution in [0, 0.1) is 0 Å². The molecule has 1 amide bonds. The van der Waals surface area contributed by atoms with E-state index in [0.29, 0.717) is 12.8 Å². The Morgan fingerprint density at radius 2 is 1.81 bits per heavy atom. The van der Waals surface area contributed by atoms with Crippen LogP contribution in [-0.2, 0) is 11.2 Å². The van der Waals surface area contributed by atoms with Crippen LogP contribution in [0.15, 0.2) is 48.5 Å². The van der Waals surface area contributed by atoms with Gasteiger partial charge < -0.3 is 15.4 Å². The number of amides is 1. The molecule has 0 unspecified atom stereocenters. The Balaban J connectivity index is 1.97. The van der Waals surface area contributed by atoms with Crippen molar-refractivity contribution in [2.24, 2.45) is 0 Å². The number of ether oxygens (including phenoxy) is 1. The zero-order valence-corrected chi connectivity index (χ0v) is 12.4. The highest BCUT2D eigenvalue weighted by Crippen LogP contribution is 2.19. The van der Waals surface area contributed by atoms with E-state index in [9.17, 15) is 4.79 Å². The molecule has 2 N–H and O–H groups in total. The van der Waals surface area contributed by atoms with Gasteiger partial charge in [0.05, 0.1) is 7.11 Å². The lowest BCUT2D eigenvalue weighted by Crippen LogP contribution is -2.26. The van der Waals surface area contributed by atoms with Crippen LogP contribution in [0.4, 0.5) is 11.4 Å². The van der Waals surface area contributed by atoms with Crippen molar-refractivity contribution in [1.82, 2.24) is 0 Å². The van der Waals surface area contributed by atoms with Gasteiger partial charge in [0, 0.05) is 24.8 Å². The molecule has 2 aromatic rings. The first-order chi connectivity index (χ1) is 10.1. The number of methoxy groups -OCH3 is 1. The van der Waals surface area contributed by atoms with Gasteiger partial charge in [-0.05, 0) is 42.3 Å². The largest absolute Gasteiger partial charge is 0.497 e. The first kappa shape index (κ1) is 14.9. The van der Waals surface area contributed by atoms with Crippen LogP contribution >= 0.6 is 0 Å². The van der Waals surface area contributed by atoms with E-state index in [0.717, 1.165) is 22.7 Å². The topological polar surface area (TPSA) is 55.6 Å². The Labute approximate surface area is 125 Å². The highest BCUT2D eigenvalue weighted by Gasteiger charge is 2.11. The molecule has 4 heteroatoms. The van der Waals surface area contributed by atoms with E-state index >= 15 is 0 Å². The highest BCUT2D eigenvalue weighted by molar-refractivity contribution is 5.93. The standard InChI is InChI=1S/C17H20N2O2/c1-19(14-8-10-15(21-2)11-9-14)17(20)12-7-13-5-3-4-6-16(13)18/h3-6,8-11H,7,12,18H2,1-2H3. The first-order valence-corrected chi connectivity index (χ1v) is 6.86. The summed E-state index contributed by atoms with van der Waals surface area (Å²) >= 11 is 0. The van der Waals surface area contributed by atoms with E-state index in [-0.39, 0.29) is 5.91 Å². The van der Waals surface area contributed by atoms with Gasteiger partial charge in [-0.2, -0.15) is 0 Å². The lowest BCUT2D eigenvalue weighted by atomic mass is 10.1. The summed E-state index contributed by atoms with van der Waals surface area (Å²) in [5, 5.41) is 0. The Morgan fingerprint density at radius 3 is 2.43 bits per heavy atom. The number of hydrogen-bond donors (Lipinski definition) is 1. The third kappa shape index (κ3) is 3.75. The Bertz CT molecular complexity index is 608. The number of nitrogens with zero attached hydrogens (tertiary/aromatic N) is 1. The molecule has 0 spiro atoms. The molecule has 0 aromatic heterocycles. The second-order valence-electron chi connectivity index (χ2n) is 4.85. The number of rotatable bonds is 5. The fourth-order valence-corrected chi connectivity index (χ4v) is 2.12. The number of hydrogen-bond acceptors (Lipinski definition) is 3. The number of nitrogens with two attached hydrogens (primary N) is 1. The third-order valence-corrected chi connectivity index (χ3v) is 3.50. The second kappa shape index (κ2) is 6.79. The van der Waals surface area contributed by atoms with Crippen LogP contribution in [-0.4, -0.2) is 20.1 Å². The molecule has 0 atom stereocenters. The summed E-state index contributed by atoms with van der Waals surface area (Å²) in [6, 6.07) is 15.1. The molecule has 110 valence electrons. The third-order valence-electron chi connectivity index (χ3n) is 3.50. The van der Waals surface area contributed by atoms with Gasteiger partial charge in [-0.1, -0.05) is 18.2 Å². The summed E-state index contributed by atoms with van der Waals surface area (Å²) in [7, 11) is 3.40. The number of anilines is 2. The minimum atomic E-state index is 0.0587. The van der Waals surface area contributed by atoms with Gasteiger partial charge in [-0.3, -0.25) is 4.79 Å². The van der Waals surface area contributed by atoms with Crippen molar-refractivity contribution >= 4 is 17.3 Å². The van der Waals surface area contributed by atoms with E-state index in [2.05, 4.69) is 0 Å². The molecule has 21 heavy (non-hydrogen) atoms. The van der Waals surface area contributed by atoms with Crippen molar-refractivity contribution in [2.45, 2.75) is 12.8 Å². The van der Waals surface area contributed by atoms with Gasteiger partial charge >= 0.3 is 0 Å². The Morgan fingerprint density at radius 1 is 1.14 bits per heavy atom. The summed E-state index contributed by atoms with van der Waals surface area (Å²) in [5.74, 6) is 0.833. The average molecular weight is 284 g/mol. The minimum absolute atomic E-state index is 0.0587. The smallest absolute Gasteiger partial charge is 0.227 e. The molecule has 0 bridgehead atoms. The zero-order valence-electron chi connectivity index (χ0n) is 12.4. The number of aryl methyl sites for hydroxylation is 1. The average Bonchev–Trinajstić information content (AvgIpc) is 2.53.